The first-order valence-electron chi connectivity index (χ1n) is 10.6. The lowest BCUT2D eigenvalue weighted by atomic mass is 10.0. The third-order valence-electron chi connectivity index (χ3n) is 6.04. The fourth-order valence-corrected chi connectivity index (χ4v) is 5.14. The molecule has 2 aromatic rings. The molecule has 0 atom stereocenters. The zero-order chi connectivity index (χ0) is 24.6. The number of aromatic nitrogens is 1. The average molecular weight is 489 g/mol. The third kappa shape index (κ3) is 4.98. The maximum Gasteiger partial charge on any atom is 0.393 e. The summed E-state index contributed by atoms with van der Waals surface area (Å²) in [6.07, 6.45) is -4.33. The summed E-state index contributed by atoms with van der Waals surface area (Å²) in [6.45, 7) is 4.80. The van der Waals surface area contributed by atoms with Crippen LogP contribution in [0.4, 0.5) is 13.2 Å². The molecule has 0 radical (unpaired) electrons. The molecule has 1 saturated heterocycles. The molecular weight excluding hydrogens is 465 g/mol. The molecule has 0 aliphatic carbocycles. The summed E-state index contributed by atoms with van der Waals surface area (Å²) in [7, 11) is 0. The van der Waals surface area contributed by atoms with E-state index in [2.05, 4.69) is 16.0 Å². The number of piperazine rings is 1. The number of aryl methyl sites for hydroxylation is 1. The topological polar surface area (TPSA) is 113 Å². The Kier molecular flexibility index (Phi) is 6.47. The minimum absolute atomic E-state index is 0.0373. The van der Waals surface area contributed by atoms with Crippen LogP contribution in [0.2, 0.25) is 0 Å². The van der Waals surface area contributed by atoms with Gasteiger partial charge in [0.1, 0.15) is 22.5 Å². The van der Waals surface area contributed by atoms with E-state index in [0.717, 1.165) is 22.0 Å². The number of nitrogens with one attached hydrogen (secondary N) is 2. The first-order valence-corrected chi connectivity index (χ1v) is 11.4. The molecule has 3 heterocycles. The quantitative estimate of drug-likeness (QED) is 0.567. The molecule has 0 bridgehead atoms. The number of rotatable bonds is 4. The van der Waals surface area contributed by atoms with Crippen LogP contribution in [-0.4, -0.2) is 58.1 Å². The minimum Gasteiger partial charge on any atom is -0.394 e. The number of fused-ring (bicyclic) bond motifs is 1. The summed E-state index contributed by atoms with van der Waals surface area (Å²) in [5, 5.41) is 17.9. The van der Waals surface area contributed by atoms with Gasteiger partial charge in [0, 0.05) is 54.1 Å². The van der Waals surface area contributed by atoms with Gasteiger partial charge in [0.05, 0.1) is 6.42 Å². The molecule has 1 aromatic heterocycles. The van der Waals surface area contributed by atoms with Crippen molar-refractivity contribution in [2.45, 2.75) is 26.1 Å². The highest BCUT2D eigenvalue weighted by Gasteiger charge is 2.34. The van der Waals surface area contributed by atoms with E-state index in [0.29, 0.717) is 50.2 Å². The smallest absolute Gasteiger partial charge is 0.393 e. The van der Waals surface area contributed by atoms with Gasteiger partial charge in [0.15, 0.2) is 0 Å². The van der Waals surface area contributed by atoms with Crippen LogP contribution >= 0.6 is 11.8 Å². The number of hydrogen-bond acceptors (Lipinski definition) is 6. The third-order valence-corrected chi connectivity index (χ3v) is 6.99. The molecule has 4 N–H and O–H groups in total. The van der Waals surface area contributed by atoms with Crippen LogP contribution in [0.1, 0.15) is 23.2 Å². The van der Waals surface area contributed by atoms with Crippen molar-refractivity contribution in [3.05, 3.63) is 57.3 Å². The summed E-state index contributed by atoms with van der Waals surface area (Å²) < 4.78 is 38.0. The number of amides is 1. The van der Waals surface area contributed by atoms with E-state index in [1.54, 1.807) is 4.90 Å². The van der Waals surface area contributed by atoms with Crippen LogP contribution < -0.4 is 5.73 Å². The normalized spacial score (nSPS) is 18.9. The fourth-order valence-electron chi connectivity index (χ4n) is 4.19. The number of carbonyl (C=O) groups is 1. The number of nitrogens with two attached hydrogens (primary N) is 1. The van der Waals surface area contributed by atoms with E-state index in [9.17, 15) is 18.0 Å². The van der Waals surface area contributed by atoms with Gasteiger partial charge in [-0.2, -0.15) is 18.4 Å². The average Bonchev–Trinajstić information content (AvgIpc) is 3.37. The molecule has 7 nitrogen and oxygen atoms in total. The molecule has 2 aliphatic rings. The summed E-state index contributed by atoms with van der Waals surface area (Å²) in [5.74, 6) is -0.460. The van der Waals surface area contributed by atoms with Gasteiger partial charge >= 0.3 is 6.18 Å². The number of nitrogens with zero attached hydrogens (tertiary/aromatic N) is 3. The summed E-state index contributed by atoms with van der Waals surface area (Å²) in [6, 6.07) is 7.95. The number of carbonyl (C=O) groups excluding carboxylic acids is 1. The Labute approximate surface area is 198 Å². The number of alkyl halides is 3. The fraction of sp³-hybridized carbons (Fsp3) is 0.348. The van der Waals surface area contributed by atoms with Crippen molar-refractivity contribution < 1.29 is 18.0 Å². The van der Waals surface area contributed by atoms with E-state index < -0.39 is 18.5 Å². The molecule has 0 saturated carbocycles. The summed E-state index contributed by atoms with van der Waals surface area (Å²) in [4.78, 5) is 19.7. The SMILES string of the molecule is Cc1c(CN2CCN(C(=O)/C(N)=C3\C=C(CC(F)(F)F)SC3=N)CC2)ccc2[nH]c(C#N)cc12. The Hall–Kier alpha value is -3.23. The first-order chi connectivity index (χ1) is 16.1. The van der Waals surface area contributed by atoms with Crippen LogP contribution in [0.3, 0.4) is 0 Å². The monoisotopic (exact) mass is 488 g/mol. The van der Waals surface area contributed by atoms with Crippen molar-refractivity contribution in [3.8, 4) is 6.07 Å². The number of aromatic amines is 1. The lowest BCUT2D eigenvalue weighted by Gasteiger charge is -2.35. The van der Waals surface area contributed by atoms with Crippen molar-refractivity contribution >= 4 is 33.6 Å². The molecule has 0 unspecified atom stereocenters. The molecule has 0 spiro atoms. The first kappa shape index (κ1) is 23.9. The molecule has 11 heteroatoms. The largest absolute Gasteiger partial charge is 0.394 e. The maximum absolute atomic E-state index is 12.9. The van der Waals surface area contributed by atoms with Crippen LogP contribution in [0.15, 0.2) is 40.5 Å². The Morgan fingerprint density at radius 1 is 1.29 bits per heavy atom. The van der Waals surface area contributed by atoms with Crippen LogP contribution in [-0.2, 0) is 11.3 Å². The lowest BCUT2D eigenvalue weighted by molar-refractivity contribution is -0.129. The zero-order valence-corrected chi connectivity index (χ0v) is 19.2. The highest BCUT2D eigenvalue weighted by molar-refractivity contribution is 8.18. The van der Waals surface area contributed by atoms with E-state index in [-0.39, 0.29) is 21.2 Å². The van der Waals surface area contributed by atoms with Crippen LogP contribution in [0.25, 0.3) is 10.9 Å². The standard InChI is InChI=1S/C23H23F3N6OS/c1-13-14(2-3-19-17(13)8-15(11-27)30-19)12-31-4-6-32(7-5-31)22(33)20(28)18-9-16(34-21(18)29)10-23(24,25)26/h2-3,8-9,29-30H,4-7,10,12,28H2,1H3/b20-18-,29-21?. The highest BCUT2D eigenvalue weighted by atomic mass is 32.2. The van der Waals surface area contributed by atoms with Crippen molar-refractivity contribution in [1.82, 2.24) is 14.8 Å². The number of benzene rings is 1. The number of H-pyrrole nitrogens is 1. The van der Waals surface area contributed by atoms with Gasteiger partial charge in [-0.1, -0.05) is 17.8 Å². The molecule has 1 fully saturated rings. The zero-order valence-electron chi connectivity index (χ0n) is 18.4. The second-order valence-electron chi connectivity index (χ2n) is 8.34. The maximum atomic E-state index is 12.9. The van der Waals surface area contributed by atoms with Gasteiger partial charge < -0.3 is 15.6 Å². The molecular formula is C23H23F3N6OS. The van der Waals surface area contributed by atoms with Gasteiger partial charge in [0.2, 0.25) is 0 Å². The molecule has 4 rings (SSSR count). The van der Waals surface area contributed by atoms with Gasteiger partial charge in [-0.3, -0.25) is 15.1 Å². The van der Waals surface area contributed by atoms with Crippen molar-refractivity contribution in [2.24, 2.45) is 5.73 Å². The Bertz CT molecular complexity index is 1260. The van der Waals surface area contributed by atoms with Crippen LogP contribution in [0.5, 0.6) is 0 Å². The molecule has 2 aliphatic heterocycles. The summed E-state index contributed by atoms with van der Waals surface area (Å²) >= 11 is 0.687. The highest BCUT2D eigenvalue weighted by Crippen LogP contribution is 2.39. The van der Waals surface area contributed by atoms with Gasteiger partial charge in [-0.15, -0.1) is 0 Å². The Balaban J connectivity index is 1.40. The number of halogens is 3. The second-order valence-corrected chi connectivity index (χ2v) is 9.47. The van der Waals surface area contributed by atoms with Crippen molar-refractivity contribution in [3.63, 3.8) is 0 Å². The van der Waals surface area contributed by atoms with E-state index in [1.165, 1.54) is 6.08 Å². The molecule has 1 amide bonds. The Morgan fingerprint density at radius 3 is 2.65 bits per heavy atom. The van der Waals surface area contributed by atoms with Gasteiger partial charge in [-0.05, 0) is 36.3 Å². The predicted molar refractivity (Wildman–Crippen MR) is 125 cm³/mol. The van der Waals surface area contributed by atoms with Gasteiger partial charge in [-0.25, -0.2) is 0 Å². The van der Waals surface area contributed by atoms with Crippen molar-refractivity contribution in [2.75, 3.05) is 26.2 Å². The Morgan fingerprint density at radius 2 is 2.00 bits per heavy atom. The minimum atomic E-state index is -4.38. The summed E-state index contributed by atoms with van der Waals surface area (Å²) in [5.41, 5.74) is 9.52. The van der Waals surface area contributed by atoms with Gasteiger partial charge in [0.25, 0.3) is 5.91 Å². The number of hydrogen-bond donors (Lipinski definition) is 3. The molecule has 34 heavy (non-hydrogen) atoms. The van der Waals surface area contributed by atoms with Crippen molar-refractivity contribution in [1.29, 1.82) is 10.7 Å². The number of allylic oxidation sites excluding steroid dienone is 2. The lowest BCUT2D eigenvalue weighted by Crippen LogP contribution is -2.49. The second kappa shape index (κ2) is 9.19. The predicted octanol–water partition coefficient (Wildman–Crippen LogP) is 3.77. The molecule has 1 aromatic carbocycles. The van der Waals surface area contributed by atoms with E-state index in [4.69, 9.17) is 16.4 Å². The number of thioether (sulfide) groups is 1. The van der Waals surface area contributed by atoms with E-state index in [1.807, 2.05) is 25.1 Å². The van der Waals surface area contributed by atoms with Crippen LogP contribution in [0, 0.1) is 23.7 Å². The van der Waals surface area contributed by atoms with E-state index >= 15 is 0 Å². The molecule has 178 valence electrons. The number of nitriles is 1.